The molecule has 2 heterocycles. The number of thioether (sulfide) groups is 1. The molecule has 2 N–H and O–H groups in total. The van der Waals surface area contributed by atoms with E-state index in [1.165, 1.54) is 17.4 Å². The number of carbonyl (C=O) groups excluding carboxylic acids is 1. The minimum Gasteiger partial charge on any atom is -0.369 e. The normalized spacial score (nSPS) is 15.1. The zero-order valence-corrected chi connectivity index (χ0v) is 16.8. The Balaban J connectivity index is 1.28. The van der Waals surface area contributed by atoms with Crippen LogP contribution in [0.3, 0.4) is 0 Å². The fourth-order valence-electron chi connectivity index (χ4n) is 3.41. The molecule has 1 fully saturated rings. The number of nitrogens with zero attached hydrogens (tertiary/aromatic N) is 3. The lowest BCUT2D eigenvalue weighted by Crippen LogP contribution is -2.46. The highest BCUT2D eigenvalue weighted by molar-refractivity contribution is 7.99. The van der Waals surface area contributed by atoms with Gasteiger partial charge in [0.2, 0.25) is 5.91 Å². The molecule has 4 rings (SSSR count). The number of para-hydroxylation sites is 2. The van der Waals surface area contributed by atoms with Crippen LogP contribution in [0, 0.1) is 0 Å². The van der Waals surface area contributed by atoms with Crippen LogP contribution in [-0.2, 0) is 4.79 Å². The van der Waals surface area contributed by atoms with Gasteiger partial charge < -0.3 is 20.1 Å². The SMILES string of the molecule is CCN1CCN(c2ccc(NC(=O)CSc3nc4ccccc4[nH]3)cc2)CC1. The second-order valence-corrected chi connectivity index (χ2v) is 7.83. The van der Waals surface area contributed by atoms with Gasteiger partial charge in [-0.3, -0.25) is 4.79 Å². The molecule has 2 aromatic carbocycles. The first-order valence-corrected chi connectivity index (χ1v) is 10.6. The highest BCUT2D eigenvalue weighted by atomic mass is 32.2. The van der Waals surface area contributed by atoms with Crippen molar-refractivity contribution in [1.82, 2.24) is 14.9 Å². The summed E-state index contributed by atoms with van der Waals surface area (Å²) in [6, 6.07) is 16.0. The van der Waals surface area contributed by atoms with Gasteiger partial charge in [-0.2, -0.15) is 0 Å². The number of piperazine rings is 1. The maximum absolute atomic E-state index is 12.3. The van der Waals surface area contributed by atoms with E-state index in [9.17, 15) is 4.79 Å². The fraction of sp³-hybridized carbons (Fsp3) is 0.333. The van der Waals surface area contributed by atoms with E-state index in [1.807, 2.05) is 36.4 Å². The van der Waals surface area contributed by atoms with Crippen LogP contribution in [0.5, 0.6) is 0 Å². The minimum absolute atomic E-state index is 0.0326. The summed E-state index contributed by atoms with van der Waals surface area (Å²) in [5.41, 5.74) is 3.94. The Kier molecular flexibility index (Phi) is 5.83. The average Bonchev–Trinajstić information content (AvgIpc) is 3.16. The topological polar surface area (TPSA) is 64.3 Å². The quantitative estimate of drug-likeness (QED) is 0.626. The van der Waals surface area contributed by atoms with Gasteiger partial charge in [-0.1, -0.05) is 30.8 Å². The first-order chi connectivity index (χ1) is 13.7. The molecule has 1 aliphatic rings. The van der Waals surface area contributed by atoms with Crippen molar-refractivity contribution in [3.05, 3.63) is 48.5 Å². The van der Waals surface area contributed by atoms with Crippen LogP contribution in [0.15, 0.2) is 53.7 Å². The Morgan fingerprint density at radius 3 is 2.57 bits per heavy atom. The maximum Gasteiger partial charge on any atom is 0.234 e. The number of likely N-dealkylation sites (N-methyl/N-ethyl adjacent to an activating group) is 1. The molecule has 1 aromatic heterocycles. The number of hydrogen-bond donors (Lipinski definition) is 2. The number of hydrogen-bond acceptors (Lipinski definition) is 5. The number of benzene rings is 2. The van der Waals surface area contributed by atoms with Crippen molar-refractivity contribution in [3.8, 4) is 0 Å². The molecule has 0 spiro atoms. The first-order valence-electron chi connectivity index (χ1n) is 9.66. The highest BCUT2D eigenvalue weighted by Crippen LogP contribution is 2.21. The standard InChI is InChI=1S/C21H25N5OS/c1-2-25-11-13-26(14-12-25)17-9-7-16(8-10-17)22-20(27)15-28-21-23-18-5-3-4-6-19(18)24-21/h3-10H,2,11-15H2,1H3,(H,22,27)(H,23,24). The second-order valence-electron chi connectivity index (χ2n) is 6.86. The Labute approximate surface area is 169 Å². The molecule has 1 saturated heterocycles. The van der Waals surface area contributed by atoms with Crippen molar-refractivity contribution in [2.75, 3.05) is 48.7 Å². The largest absolute Gasteiger partial charge is 0.369 e. The van der Waals surface area contributed by atoms with E-state index in [0.29, 0.717) is 5.75 Å². The summed E-state index contributed by atoms with van der Waals surface area (Å²) in [4.78, 5) is 24.8. The van der Waals surface area contributed by atoms with E-state index in [1.54, 1.807) is 0 Å². The van der Waals surface area contributed by atoms with E-state index in [4.69, 9.17) is 0 Å². The molecule has 1 aliphatic heterocycles. The minimum atomic E-state index is -0.0326. The van der Waals surface area contributed by atoms with Crippen LogP contribution in [0.1, 0.15) is 6.92 Å². The van der Waals surface area contributed by atoms with Crippen molar-refractivity contribution < 1.29 is 4.79 Å². The van der Waals surface area contributed by atoms with Gasteiger partial charge in [0.15, 0.2) is 5.16 Å². The fourth-order valence-corrected chi connectivity index (χ4v) is 4.09. The van der Waals surface area contributed by atoms with Gasteiger partial charge >= 0.3 is 0 Å². The zero-order valence-electron chi connectivity index (χ0n) is 16.0. The summed E-state index contributed by atoms with van der Waals surface area (Å²) in [6.45, 7) is 7.63. The summed E-state index contributed by atoms with van der Waals surface area (Å²) in [6.07, 6.45) is 0. The molecule has 0 unspecified atom stereocenters. The average molecular weight is 396 g/mol. The number of rotatable bonds is 6. The third kappa shape index (κ3) is 4.48. The molecule has 1 amide bonds. The molecule has 0 bridgehead atoms. The van der Waals surface area contributed by atoms with E-state index in [-0.39, 0.29) is 5.91 Å². The number of aromatic nitrogens is 2. The summed E-state index contributed by atoms with van der Waals surface area (Å²) in [5.74, 6) is 0.287. The van der Waals surface area contributed by atoms with Gasteiger partial charge in [0.1, 0.15) is 0 Å². The molecule has 0 aliphatic carbocycles. The van der Waals surface area contributed by atoms with E-state index in [0.717, 1.165) is 54.6 Å². The number of anilines is 2. The van der Waals surface area contributed by atoms with E-state index in [2.05, 4.69) is 44.1 Å². The molecule has 28 heavy (non-hydrogen) atoms. The van der Waals surface area contributed by atoms with Gasteiger partial charge in [0.25, 0.3) is 0 Å². The highest BCUT2D eigenvalue weighted by Gasteiger charge is 2.15. The van der Waals surface area contributed by atoms with Crippen LogP contribution < -0.4 is 10.2 Å². The molecular weight excluding hydrogens is 370 g/mol. The molecular formula is C21H25N5OS. The van der Waals surface area contributed by atoms with Crippen LogP contribution in [0.25, 0.3) is 11.0 Å². The van der Waals surface area contributed by atoms with Crippen molar-refractivity contribution in [1.29, 1.82) is 0 Å². The molecule has 146 valence electrons. The van der Waals surface area contributed by atoms with E-state index < -0.39 is 0 Å². The van der Waals surface area contributed by atoms with Crippen molar-refractivity contribution in [2.45, 2.75) is 12.1 Å². The number of H-pyrrole nitrogens is 1. The maximum atomic E-state index is 12.3. The van der Waals surface area contributed by atoms with E-state index >= 15 is 0 Å². The summed E-state index contributed by atoms with van der Waals surface area (Å²) in [7, 11) is 0. The predicted molar refractivity (Wildman–Crippen MR) is 116 cm³/mol. The molecule has 7 heteroatoms. The predicted octanol–water partition coefficient (Wildman–Crippen LogP) is 3.44. The van der Waals surface area contributed by atoms with Crippen LogP contribution in [0.4, 0.5) is 11.4 Å². The van der Waals surface area contributed by atoms with Gasteiger partial charge in [0.05, 0.1) is 16.8 Å². The second kappa shape index (κ2) is 8.67. The number of carbonyl (C=O) groups is 1. The van der Waals surface area contributed by atoms with Gasteiger partial charge in [-0.15, -0.1) is 0 Å². The summed E-state index contributed by atoms with van der Waals surface area (Å²) >= 11 is 1.41. The number of nitrogens with one attached hydrogen (secondary N) is 2. The first kappa shape index (κ1) is 18.8. The molecule has 6 nitrogen and oxygen atoms in total. The lowest BCUT2D eigenvalue weighted by Gasteiger charge is -2.35. The Morgan fingerprint density at radius 2 is 1.86 bits per heavy atom. The van der Waals surface area contributed by atoms with Gasteiger partial charge in [-0.25, -0.2) is 4.98 Å². The summed E-state index contributed by atoms with van der Waals surface area (Å²) in [5, 5.41) is 3.73. The Morgan fingerprint density at radius 1 is 1.11 bits per heavy atom. The lowest BCUT2D eigenvalue weighted by atomic mass is 10.2. The van der Waals surface area contributed by atoms with Crippen molar-refractivity contribution in [3.63, 3.8) is 0 Å². The monoisotopic (exact) mass is 395 g/mol. The molecule has 3 aromatic rings. The third-order valence-electron chi connectivity index (χ3n) is 5.04. The number of aromatic amines is 1. The molecule has 0 saturated carbocycles. The number of imidazole rings is 1. The van der Waals surface area contributed by atoms with Crippen molar-refractivity contribution >= 4 is 40.1 Å². The third-order valence-corrected chi connectivity index (χ3v) is 5.92. The molecule has 0 radical (unpaired) electrons. The van der Waals surface area contributed by atoms with Crippen LogP contribution in [-0.4, -0.2) is 59.3 Å². The van der Waals surface area contributed by atoms with Gasteiger partial charge in [-0.05, 0) is 42.9 Å². The van der Waals surface area contributed by atoms with Crippen LogP contribution >= 0.6 is 11.8 Å². The smallest absolute Gasteiger partial charge is 0.234 e. The van der Waals surface area contributed by atoms with Crippen molar-refractivity contribution in [2.24, 2.45) is 0 Å². The van der Waals surface area contributed by atoms with Gasteiger partial charge in [0, 0.05) is 37.6 Å². The Bertz CT molecular complexity index is 898. The number of fused-ring (bicyclic) bond motifs is 1. The number of amides is 1. The Hall–Kier alpha value is -2.51. The zero-order chi connectivity index (χ0) is 19.3. The summed E-state index contributed by atoms with van der Waals surface area (Å²) < 4.78 is 0. The van der Waals surface area contributed by atoms with Crippen LogP contribution in [0.2, 0.25) is 0 Å². The molecule has 0 atom stereocenters. The lowest BCUT2D eigenvalue weighted by molar-refractivity contribution is -0.113.